The molecule has 13 heavy (non-hydrogen) atoms. The molecule has 0 aromatic carbocycles. The van der Waals surface area contributed by atoms with Crippen LogP contribution in [-0.4, -0.2) is 36.3 Å². The third kappa shape index (κ3) is 2.39. The molecule has 0 saturated carbocycles. The minimum absolute atomic E-state index is 0.182. The van der Waals surface area contributed by atoms with Crippen molar-refractivity contribution in [2.45, 2.75) is 37.9 Å². The molecule has 2 rings (SSSR count). The molecule has 2 atom stereocenters. The molecule has 2 heterocycles. The summed E-state index contributed by atoms with van der Waals surface area (Å²) in [6.07, 6.45) is 4.20. The average molecular weight is 201 g/mol. The highest BCUT2D eigenvalue weighted by Crippen LogP contribution is 2.31. The summed E-state index contributed by atoms with van der Waals surface area (Å²) in [7, 11) is 0. The van der Waals surface area contributed by atoms with Crippen LogP contribution in [0.3, 0.4) is 0 Å². The zero-order valence-electron chi connectivity index (χ0n) is 8.34. The fraction of sp³-hybridized carbons (Fsp3) is 1.00. The highest BCUT2D eigenvalue weighted by molar-refractivity contribution is 7.99. The fourth-order valence-corrected chi connectivity index (χ4v) is 3.36. The Kier molecular flexibility index (Phi) is 3.17. The highest BCUT2D eigenvalue weighted by atomic mass is 32.2. The summed E-state index contributed by atoms with van der Waals surface area (Å²) in [4.78, 5) is 0. The van der Waals surface area contributed by atoms with E-state index in [2.05, 4.69) is 24.0 Å². The number of thioether (sulfide) groups is 1. The second-order valence-electron chi connectivity index (χ2n) is 4.21. The summed E-state index contributed by atoms with van der Waals surface area (Å²) in [5, 5.41) is 3.49. The summed E-state index contributed by atoms with van der Waals surface area (Å²) >= 11 is 2.08. The first-order valence-electron chi connectivity index (χ1n) is 5.27. The quantitative estimate of drug-likeness (QED) is 0.644. The number of ether oxygens (including phenoxy) is 1. The van der Waals surface area contributed by atoms with Gasteiger partial charge in [0.15, 0.2) is 0 Å². The maximum atomic E-state index is 6.12. The first-order valence-corrected chi connectivity index (χ1v) is 6.43. The molecule has 2 nitrogen and oxygen atoms in total. The van der Waals surface area contributed by atoms with Crippen molar-refractivity contribution in [3.8, 4) is 0 Å². The molecule has 1 N–H and O–H groups in total. The van der Waals surface area contributed by atoms with Crippen molar-refractivity contribution in [3.05, 3.63) is 0 Å². The summed E-state index contributed by atoms with van der Waals surface area (Å²) in [5.74, 6) is 2.59. The van der Waals surface area contributed by atoms with E-state index in [4.69, 9.17) is 4.74 Å². The summed E-state index contributed by atoms with van der Waals surface area (Å²) in [6, 6.07) is 0. The predicted molar refractivity (Wildman–Crippen MR) is 57.3 cm³/mol. The monoisotopic (exact) mass is 201 g/mol. The molecule has 0 aliphatic carbocycles. The summed E-state index contributed by atoms with van der Waals surface area (Å²) < 4.78 is 6.12. The van der Waals surface area contributed by atoms with Crippen LogP contribution < -0.4 is 5.32 Å². The summed E-state index contributed by atoms with van der Waals surface area (Å²) in [5.41, 5.74) is 0.182. The van der Waals surface area contributed by atoms with E-state index in [9.17, 15) is 0 Å². The van der Waals surface area contributed by atoms with Crippen molar-refractivity contribution < 1.29 is 4.74 Å². The van der Waals surface area contributed by atoms with Gasteiger partial charge in [-0.05, 0) is 37.7 Å². The van der Waals surface area contributed by atoms with Crippen LogP contribution in [-0.2, 0) is 4.74 Å². The second-order valence-corrected chi connectivity index (χ2v) is 5.43. The zero-order chi connectivity index (χ0) is 9.15. The first-order chi connectivity index (χ1) is 6.31. The van der Waals surface area contributed by atoms with Gasteiger partial charge in [0.2, 0.25) is 0 Å². The Labute approximate surface area is 84.8 Å². The maximum absolute atomic E-state index is 6.12. The molecule has 0 aromatic rings. The van der Waals surface area contributed by atoms with Crippen LogP contribution in [0.2, 0.25) is 0 Å². The van der Waals surface area contributed by atoms with E-state index in [-0.39, 0.29) is 5.60 Å². The van der Waals surface area contributed by atoms with Crippen LogP contribution in [0.25, 0.3) is 0 Å². The number of hydrogen-bond acceptors (Lipinski definition) is 3. The van der Waals surface area contributed by atoms with Crippen LogP contribution in [0, 0.1) is 0 Å². The average Bonchev–Trinajstić information content (AvgIpc) is 2.31. The van der Waals surface area contributed by atoms with Crippen LogP contribution in [0.4, 0.5) is 0 Å². The normalized spacial score (nSPS) is 41.8. The molecule has 2 aliphatic rings. The van der Waals surface area contributed by atoms with E-state index < -0.39 is 0 Å². The van der Waals surface area contributed by atoms with Crippen molar-refractivity contribution in [1.29, 1.82) is 0 Å². The molecule has 1 spiro atoms. The minimum atomic E-state index is 0.182. The number of morpholine rings is 1. The van der Waals surface area contributed by atoms with Crippen molar-refractivity contribution in [2.24, 2.45) is 0 Å². The SMILES string of the molecule is CC1CNCC2(CCCSCC2)O1. The lowest BCUT2D eigenvalue weighted by molar-refractivity contribution is -0.114. The van der Waals surface area contributed by atoms with Crippen molar-refractivity contribution in [2.75, 3.05) is 24.6 Å². The predicted octanol–water partition coefficient (Wildman–Crippen LogP) is 1.65. The largest absolute Gasteiger partial charge is 0.369 e. The Morgan fingerprint density at radius 3 is 3.15 bits per heavy atom. The number of nitrogens with one attached hydrogen (secondary N) is 1. The van der Waals surface area contributed by atoms with Gasteiger partial charge >= 0.3 is 0 Å². The molecular formula is C10H19NOS. The van der Waals surface area contributed by atoms with Gasteiger partial charge in [-0.2, -0.15) is 11.8 Å². The van der Waals surface area contributed by atoms with Crippen molar-refractivity contribution in [3.63, 3.8) is 0 Å². The van der Waals surface area contributed by atoms with Crippen LogP contribution >= 0.6 is 11.8 Å². The Morgan fingerprint density at radius 1 is 1.38 bits per heavy atom. The van der Waals surface area contributed by atoms with Gasteiger partial charge in [0.05, 0.1) is 11.7 Å². The first kappa shape index (κ1) is 9.81. The molecule has 76 valence electrons. The number of rotatable bonds is 0. The molecule has 0 amide bonds. The fourth-order valence-electron chi connectivity index (χ4n) is 2.29. The third-order valence-corrected chi connectivity index (χ3v) is 4.02. The van der Waals surface area contributed by atoms with Gasteiger partial charge in [0, 0.05) is 13.1 Å². The number of hydrogen-bond donors (Lipinski definition) is 1. The van der Waals surface area contributed by atoms with Gasteiger partial charge in [-0.3, -0.25) is 0 Å². The van der Waals surface area contributed by atoms with Crippen LogP contribution in [0.5, 0.6) is 0 Å². The molecular weight excluding hydrogens is 182 g/mol. The van der Waals surface area contributed by atoms with Gasteiger partial charge < -0.3 is 10.1 Å². The van der Waals surface area contributed by atoms with Crippen LogP contribution in [0.1, 0.15) is 26.2 Å². The van der Waals surface area contributed by atoms with E-state index in [1.807, 2.05) is 0 Å². The standard InChI is InChI=1S/C10H19NOS/c1-9-7-11-8-10(12-9)3-2-5-13-6-4-10/h9,11H,2-8H2,1H3. The lowest BCUT2D eigenvalue weighted by atomic mass is 9.93. The van der Waals surface area contributed by atoms with Gasteiger partial charge in [0.25, 0.3) is 0 Å². The zero-order valence-corrected chi connectivity index (χ0v) is 9.16. The Bertz CT molecular complexity index is 166. The third-order valence-electron chi connectivity index (χ3n) is 2.95. The molecule has 2 fully saturated rings. The van der Waals surface area contributed by atoms with Crippen LogP contribution in [0.15, 0.2) is 0 Å². The van der Waals surface area contributed by atoms with Crippen molar-refractivity contribution >= 4 is 11.8 Å². The van der Waals surface area contributed by atoms with Gasteiger partial charge in [-0.1, -0.05) is 0 Å². The lowest BCUT2D eigenvalue weighted by Gasteiger charge is -2.40. The second kappa shape index (κ2) is 4.20. The molecule has 2 unspecified atom stereocenters. The smallest absolute Gasteiger partial charge is 0.0818 e. The molecule has 0 bridgehead atoms. The van der Waals surface area contributed by atoms with E-state index >= 15 is 0 Å². The van der Waals surface area contributed by atoms with Gasteiger partial charge in [-0.15, -0.1) is 0 Å². The molecule has 3 heteroatoms. The lowest BCUT2D eigenvalue weighted by Crippen LogP contribution is -2.53. The Hall–Kier alpha value is 0.270. The Balaban J connectivity index is 1.99. The van der Waals surface area contributed by atoms with Crippen molar-refractivity contribution in [1.82, 2.24) is 5.32 Å². The van der Waals surface area contributed by atoms with Gasteiger partial charge in [0.1, 0.15) is 0 Å². The Morgan fingerprint density at radius 2 is 2.31 bits per heavy atom. The minimum Gasteiger partial charge on any atom is -0.369 e. The maximum Gasteiger partial charge on any atom is 0.0818 e. The molecule has 2 saturated heterocycles. The highest BCUT2D eigenvalue weighted by Gasteiger charge is 2.35. The topological polar surface area (TPSA) is 21.3 Å². The van der Waals surface area contributed by atoms with E-state index in [1.54, 1.807) is 0 Å². The molecule has 0 aromatic heterocycles. The summed E-state index contributed by atoms with van der Waals surface area (Å²) in [6.45, 7) is 4.26. The molecule has 2 aliphatic heterocycles. The van der Waals surface area contributed by atoms with Gasteiger partial charge in [-0.25, -0.2) is 0 Å². The van der Waals surface area contributed by atoms with E-state index in [0.717, 1.165) is 13.1 Å². The molecule has 0 radical (unpaired) electrons. The van der Waals surface area contributed by atoms with E-state index in [1.165, 1.54) is 30.8 Å². The van der Waals surface area contributed by atoms with E-state index in [0.29, 0.717) is 6.10 Å².